The molecule has 4 nitrogen and oxygen atoms in total. The van der Waals surface area contributed by atoms with E-state index in [4.69, 9.17) is 9.26 Å². The smallest absolute Gasteiger partial charge is 0.334 e. The van der Waals surface area contributed by atoms with Crippen molar-refractivity contribution in [3.05, 3.63) is 11.6 Å². The van der Waals surface area contributed by atoms with Crippen molar-refractivity contribution in [2.45, 2.75) is 48.0 Å². The molecule has 0 aliphatic heterocycles. The van der Waals surface area contributed by atoms with Gasteiger partial charge in [-0.05, 0) is 32.1 Å². The summed E-state index contributed by atoms with van der Waals surface area (Å²) in [7, 11) is -2.84. The highest BCUT2D eigenvalue weighted by Crippen LogP contribution is 2.50. The van der Waals surface area contributed by atoms with Crippen molar-refractivity contribution in [2.75, 3.05) is 25.5 Å². The Bertz CT molecular complexity index is 386. The zero-order valence-corrected chi connectivity index (χ0v) is 15.2. The van der Waals surface area contributed by atoms with Gasteiger partial charge in [-0.25, -0.2) is 4.79 Å². The van der Waals surface area contributed by atoms with Crippen LogP contribution >= 0.6 is 7.37 Å². The van der Waals surface area contributed by atoms with Gasteiger partial charge in [0.15, 0.2) is 0 Å². The van der Waals surface area contributed by atoms with Crippen LogP contribution in [-0.2, 0) is 18.6 Å². The van der Waals surface area contributed by atoms with E-state index >= 15 is 0 Å². The molecule has 0 aromatic carbocycles. The molecule has 0 aromatic rings. The summed E-state index contributed by atoms with van der Waals surface area (Å²) in [4.78, 5) is 12.1. The van der Waals surface area contributed by atoms with Gasteiger partial charge >= 0.3 is 5.97 Å². The summed E-state index contributed by atoms with van der Waals surface area (Å²) in [5.41, 5.74) is 0.489. The van der Waals surface area contributed by atoms with Crippen LogP contribution in [0.4, 0.5) is 0 Å². The molecule has 5 heteroatoms. The normalized spacial score (nSPS) is 15.3. The first kappa shape index (κ1) is 20.4. The molecule has 0 saturated carbocycles. The number of ether oxygens (including phenoxy) is 1. The molecule has 21 heavy (non-hydrogen) atoms. The third-order valence-electron chi connectivity index (χ3n) is 2.79. The number of carbonyl (C=O) groups is 1. The number of esters is 1. The van der Waals surface area contributed by atoms with E-state index in [9.17, 15) is 9.36 Å². The maximum Gasteiger partial charge on any atom is 0.334 e. The van der Waals surface area contributed by atoms with E-state index in [1.165, 1.54) is 0 Å². The second-order valence-electron chi connectivity index (χ2n) is 6.05. The molecular formula is C16H31O4P. The zero-order chi connectivity index (χ0) is 16.5. The highest BCUT2D eigenvalue weighted by Gasteiger charge is 2.28. The minimum absolute atomic E-state index is 0.171. The van der Waals surface area contributed by atoms with Crippen LogP contribution in [0.25, 0.3) is 0 Å². The van der Waals surface area contributed by atoms with Crippen molar-refractivity contribution in [3.8, 4) is 0 Å². The fourth-order valence-corrected chi connectivity index (χ4v) is 4.71. The Balaban J connectivity index is 5.17. The van der Waals surface area contributed by atoms with E-state index in [-0.39, 0.29) is 18.0 Å². The Morgan fingerprint density at radius 3 is 2.14 bits per heavy atom. The van der Waals surface area contributed by atoms with Crippen LogP contribution in [0, 0.1) is 11.8 Å². The average Bonchev–Trinajstić information content (AvgIpc) is 2.33. The number of rotatable bonds is 10. The quantitative estimate of drug-likeness (QED) is 0.338. The van der Waals surface area contributed by atoms with E-state index in [2.05, 4.69) is 13.8 Å². The van der Waals surface area contributed by atoms with Crippen LogP contribution in [0.3, 0.4) is 0 Å². The minimum atomic E-state index is -2.84. The van der Waals surface area contributed by atoms with Gasteiger partial charge in [0.25, 0.3) is 0 Å². The largest absolute Gasteiger partial charge is 0.463 e. The van der Waals surface area contributed by atoms with Gasteiger partial charge in [-0.1, -0.05) is 33.8 Å². The summed E-state index contributed by atoms with van der Waals surface area (Å²) in [6.07, 6.45) is 3.28. The van der Waals surface area contributed by atoms with Crippen LogP contribution in [0.2, 0.25) is 0 Å². The van der Waals surface area contributed by atoms with E-state index in [1.54, 1.807) is 6.92 Å². The van der Waals surface area contributed by atoms with Gasteiger partial charge in [0, 0.05) is 11.7 Å². The van der Waals surface area contributed by atoms with Gasteiger partial charge in [0.05, 0.1) is 19.4 Å². The molecule has 0 aromatic heterocycles. The van der Waals surface area contributed by atoms with E-state index in [0.29, 0.717) is 30.9 Å². The van der Waals surface area contributed by atoms with Gasteiger partial charge < -0.3 is 9.26 Å². The molecular weight excluding hydrogens is 287 g/mol. The predicted octanol–water partition coefficient (Wildman–Crippen LogP) is 4.49. The number of hydrogen-bond acceptors (Lipinski definition) is 4. The van der Waals surface area contributed by atoms with Crippen LogP contribution in [-0.4, -0.2) is 31.5 Å². The summed E-state index contributed by atoms with van der Waals surface area (Å²) in [6, 6.07) is 0. The third kappa shape index (κ3) is 9.10. The maximum atomic E-state index is 12.9. The number of allylic oxidation sites excluding steroid dienone is 1. The van der Waals surface area contributed by atoms with Crippen molar-refractivity contribution in [1.29, 1.82) is 0 Å². The minimum Gasteiger partial charge on any atom is -0.463 e. The average molecular weight is 318 g/mol. The second-order valence-corrected chi connectivity index (χ2v) is 8.61. The predicted molar refractivity (Wildman–Crippen MR) is 88.0 cm³/mol. The first-order valence-electron chi connectivity index (χ1n) is 7.82. The molecule has 1 unspecified atom stereocenters. The second kappa shape index (κ2) is 10.2. The molecule has 124 valence electrons. The Labute approximate surface area is 129 Å². The van der Waals surface area contributed by atoms with Crippen molar-refractivity contribution >= 4 is 13.3 Å². The molecule has 0 spiro atoms. The van der Waals surface area contributed by atoms with Gasteiger partial charge in [-0.2, -0.15) is 0 Å². The lowest BCUT2D eigenvalue weighted by atomic mass is 10.1. The monoisotopic (exact) mass is 318 g/mol. The molecule has 0 amide bonds. The molecule has 0 fully saturated rings. The first-order chi connectivity index (χ1) is 9.74. The van der Waals surface area contributed by atoms with Gasteiger partial charge in [-0.15, -0.1) is 0 Å². The SMILES string of the molecule is CCOC(=O)C(=CCC(C)C)CP(=O)(CC(C)C)OCC. The van der Waals surface area contributed by atoms with Gasteiger partial charge in [0.1, 0.15) is 0 Å². The Hall–Kier alpha value is -0.600. The third-order valence-corrected chi connectivity index (χ3v) is 5.63. The van der Waals surface area contributed by atoms with Gasteiger partial charge in [0.2, 0.25) is 7.37 Å². The lowest BCUT2D eigenvalue weighted by Crippen LogP contribution is -2.15. The summed E-state index contributed by atoms with van der Waals surface area (Å²) >= 11 is 0. The molecule has 1 atom stereocenters. The van der Waals surface area contributed by atoms with E-state index in [1.807, 2.05) is 26.8 Å². The number of hydrogen-bond donors (Lipinski definition) is 0. The highest BCUT2D eigenvalue weighted by atomic mass is 31.2. The van der Waals surface area contributed by atoms with E-state index < -0.39 is 7.37 Å². The standard InChI is InChI=1S/C16H31O4P/c1-7-19-16(17)15(10-9-13(3)4)12-21(18,20-8-2)11-14(5)6/h10,13-14H,7-9,11-12H2,1-6H3. The number of carbonyl (C=O) groups excluding carboxylic acids is 1. The molecule has 0 heterocycles. The van der Waals surface area contributed by atoms with Crippen molar-refractivity contribution in [1.82, 2.24) is 0 Å². The molecule has 0 rings (SSSR count). The molecule has 0 saturated heterocycles. The van der Waals surface area contributed by atoms with Crippen LogP contribution in [0.5, 0.6) is 0 Å². The molecule has 0 bridgehead atoms. The van der Waals surface area contributed by atoms with E-state index in [0.717, 1.165) is 6.42 Å². The van der Waals surface area contributed by atoms with Crippen LogP contribution < -0.4 is 0 Å². The topological polar surface area (TPSA) is 52.6 Å². The molecule has 0 aliphatic rings. The zero-order valence-electron chi connectivity index (χ0n) is 14.3. The summed E-state index contributed by atoms with van der Waals surface area (Å²) < 4.78 is 23.5. The Morgan fingerprint density at radius 1 is 1.10 bits per heavy atom. The van der Waals surface area contributed by atoms with Crippen LogP contribution in [0.15, 0.2) is 11.6 Å². The molecule has 0 aliphatic carbocycles. The van der Waals surface area contributed by atoms with Crippen molar-refractivity contribution in [2.24, 2.45) is 11.8 Å². The lowest BCUT2D eigenvalue weighted by molar-refractivity contribution is -0.138. The summed E-state index contributed by atoms with van der Waals surface area (Å²) in [5.74, 6) is 0.323. The summed E-state index contributed by atoms with van der Waals surface area (Å²) in [6.45, 7) is 12.5. The highest BCUT2D eigenvalue weighted by molar-refractivity contribution is 7.59. The van der Waals surface area contributed by atoms with Crippen LogP contribution in [0.1, 0.15) is 48.0 Å². The van der Waals surface area contributed by atoms with Gasteiger partial charge in [-0.3, -0.25) is 4.57 Å². The Kier molecular flexibility index (Phi) is 9.89. The summed E-state index contributed by atoms with van der Waals surface area (Å²) in [5, 5.41) is 0. The Morgan fingerprint density at radius 2 is 1.71 bits per heavy atom. The lowest BCUT2D eigenvalue weighted by Gasteiger charge is -2.21. The van der Waals surface area contributed by atoms with Crippen molar-refractivity contribution in [3.63, 3.8) is 0 Å². The van der Waals surface area contributed by atoms with Crippen molar-refractivity contribution < 1.29 is 18.6 Å². The molecule has 0 radical (unpaired) electrons. The fraction of sp³-hybridized carbons (Fsp3) is 0.812. The first-order valence-corrected chi connectivity index (χ1v) is 9.82. The fourth-order valence-electron chi connectivity index (χ4n) is 2.03. The molecule has 0 N–H and O–H groups in total. The maximum absolute atomic E-state index is 12.9.